The van der Waals surface area contributed by atoms with Gasteiger partial charge in [0.15, 0.2) is 5.82 Å². The maximum atomic E-state index is 5.93. The first-order valence-electron chi connectivity index (χ1n) is 9.80. The minimum Gasteiger partial charge on any atom is -0.497 e. The molecule has 0 spiro atoms. The summed E-state index contributed by atoms with van der Waals surface area (Å²) in [5.41, 5.74) is 3.60. The van der Waals surface area contributed by atoms with Gasteiger partial charge in [0.05, 0.1) is 19.0 Å². The Labute approximate surface area is 178 Å². The van der Waals surface area contributed by atoms with E-state index in [4.69, 9.17) is 9.47 Å². The second-order valence-electron chi connectivity index (χ2n) is 6.91. The molecule has 0 bridgehead atoms. The molecule has 2 heterocycles. The third-order valence-electron chi connectivity index (χ3n) is 4.87. The number of fused-ring (bicyclic) bond motifs is 1. The van der Waals surface area contributed by atoms with Gasteiger partial charge < -0.3 is 9.47 Å². The van der Waals surface area contributed by atoms with Crippen molar-refractivity contribution in [1.29, 1.82) is 0 Å². The SMILES string of the molecule is COc1ccc(-c2cnn3c(-c4cccc(OCc5ccccc5)c4)nnc3n2)cc1. The summed E-state index contributed by atoms with van der Waals surface area (Å²) in [5.74, 6) is 2.57. The van der Waals surface area contributed by atoms with E-state index in [2.05, 4.69) is 20.3 Å². The lowest BCUT2D eigenvalue weighted by Crippen LogP contribution is -1.99. The van der Waals surface area contributed by atoms with Crippen molar-refractivity contribution >= 4 is 5.78 Å². The Balaban J connectivity index is 1.41. The average Bonchev–Trinajstić information content (AvgIpc) is 3.27. The number of rotatable bonds is 6. The Morgan fingerprint density at radius 3 is 2.45 bits per heavy atom. The molecular formula is C24H19N5O2. The minimum absolute atomic E-state index is 0.430. The first-order chi connectivity index (χ1) is 15.3. The lowest BCUT2D eigenvalue weighted by Gasteiger charge is -2.07. The van der Waals surface area contributed by atoms with Crippen LogP contribution in [0, 0.1) is 0 Å². The zero-order valence-corrected chi connectivity index (χ0v) is 16.8. The number of nitrogens with zero attached hydrogens (tertiary/aromatic N) is 5. The van der Waals surface area contributed by atoms with E-state index >= 15 is 0 Å². The van der Waals surface area contributed by atoms with Crippen LogP contribution in [-0.4, -0.2) is 31.9 Å². The van der Waals surface area contributed by atoms with Crippen molar-refractivity contribution in [3.05, 3.63) is 90.6 Å². The molecule has 2 aromatic heterocycles. The van der Waals surface area contributed by atoms with Crippen LogP contribution in [0.25, 0.3) is 28.4 Å². The van der Waals surface area contributed by atoms with Gasteiger partial charge in [0, 0.05) is 11.1 Å². The summed E-state index contributed by atoms with van der Waals surface area (Å²) in [5, 5.41) is 13.0. The number of aromatic nitrogens is 5. The molecule has 0 saturated heterocycles. The van der Waals surface area contributed by atoms with Crippen LogP contribution >= 0.6 is 0 Å². The molecule has 7 nitrogen and oxygen atoms in total. The fraction of sp³-hybridized carbons (Fsp3) is 0.0833. The molecule has 5 rings (SSSR count). The van der Waals surface area contributed by atoms with Crippen LogP contribution in [0.5, 0.6) is 11.5 Å². The Bertz CT molecular complexity index is 1320. The highest BCUT2D eigenvalue weighted by Crippen LogP contribution is 2.24. The van der Waals surface area contributed by atoms with Crippen molar-refractivity contribution in [2.24, 2.45) is 0 Å². The lowest BCUT2D eigenvalue weighted by atomic mass is 10.1. The van der Waals surface area contributed by atoms with Crippen molar-refractivity contribution < 1.29 is 9.47 Å². The van der Waals surface area contributed by atoms with Crippen LogP contribution in [0.3, 0.4) is 0 Å². The smallest absolute Gasteiger partial charge is 0.272 e. The van der Waals surface area contributed by atoms with Gasteiger partial charge in [-0.2, -0.15) is 9.61 Å². The van der Waals surface area contributed by atoms with Gasteiger partial charge in [-0.25, -0.2) is 4.98 Å². The molecule has 0 amide bonds. The molecule has 0 atom stereocenters. The molecule has 0 fully saturated rings. The maximum Gasteiger partial charge on any atom is 0.272 e. The molecule has 5 aromatic rings. The molecule has 0 aliphatic carbocycles. The van der Waals surface area contributed by atoms with E-state index < -0.39 is 0 Å². The van der Waals surface area contributed by atoms with Crippen LogP contribution < -0.4 is 9.47 Å². The number of hydrogen-bond acceptors (Lipinski definition) is 6. The summed E-state index contributed by atoms with van der Waals surface area (Å²) >= 11 is 0. The van der Waals surface area contributed by atoms with Crippen molar-refractivity contribution in [2.45, 2.75) is 6.61 Å². The molecule has 31 heavy (non-hydrogen) atoms. The number of hydrogen-bond donors (Lipinski definition) is 0. The predicted molar refractivity (Wildman–Crippen MR) is 117 cm³/mol. The molecule has 0 unspecified atom stereocenters. The Kier molecular flexibility index (Phi) is 4.98. The topological polar surface area (TPSA) is 74.4 Å². The summed E-state index contributed by atoms with van der Waals surface area (Å²) in [6, 6.07) is 25.4. The highest BCUT2D eigenvalue weighted by Gasteiger charge is 2.13. The Hall–Kier alpha value is -4.26. The van der Waals surface area contributed by atoms with Crippen LogP contribution in [0.15, 0.2) is 85.1 Å². The molecule has 7 heteroatoms. The van der Waals surface area contributed by atoms with Gasteiger partial charge >= 0.3 is 0 Å². The Morgan fingerprint density at radius 2 is 1.65 bits per heavy atom. The number of methoxy groups -OCH3 is 1. The maximum absolute atomic E-state index is 5.93. The lowest BCUT2D eigenvalue weighted by molar-refractivity contribution is 0.306. The van der Waals surface area contributed by atoms with E-state index in [1.807, 2.05) is 78.9 Å². The summed E-state index contributed by atoms with van der Waals surface area (Å²) in [6.45, 7) is 0.496. The highest BCUT2D eigenvalue weighted by molar-refractivity contribution is 5.63. The number of ether oxygens (including phenoxy) is 2. The monoisotopic (exact) mass is 409 g/mol. The largest absolute Gasteiger partial charge is 0.497 e. The van der Waals surface area contributed by atoms with Crippen LogP contribution in [0.2, 0.25) is 0 Å². The third-order valence-corrected chi connectivity index (χ3v) is 4.87. The fourth-order valence-electron chi connectivity index (χ4n) is 3.24. The highest BCUT2D eigenvalue weighted by atomic mass is 16.5. The van der Waals surface area contributed by atoms with Gasteiger partial charge in [-0.3, -0.25) is 0 Å². The van der Waals surface area contributed by atoms with Crippen LogP contribution in [0.4, 0.5) is 0 Å². The van der Waals surface area contributed by atoms with Gasteiger partial charge in [-0.1, -0.05) is 42.5 Å². The summed E-state index contributed by atoms with van der Waals surface area (Å²) in [6.07, 6.45) is 1.71. The van der Waals surface area contributed by atoms with Gasteiger partial charge in [-0.15, -0.1) is 10.2 Å². The van der Waals surface area contributed by atoms with Gasteiger partial charge in [-0.05, 0) is 42.0 Å². The predicted octanol–water partition coefficient (Wildman–Crippen LogP) is 4.44. The first kappa shape index (κ1) is 18.7. The molecule has 0 aliphatic heterocycles. The second-order valence-corrected chi connectivity index (χ2v) is 6.91. The normalized spacial score (nSPS) is 10.9. The second kappa shape index (κ2) is 8.23. The summed E-state index contributed by atoms with van der Waals surface area (Å²) in [4.78, 5) is 4.60. The first-order valence-corrected chi connectivity index (χ1v) is 9.80. The van der Waals surface area contributed by atoms with E-state index in [-0.39, 0.29) is 0 Å². The quantitative estimate of drug-likeness (QED) is 0.413. The van der Waals surface area contributed by atoms with Crippen LogP contribution in [-0.2, 0) is 6.61 Å². The summed E-state index contributed by atoms with van der Waals surface area (Å²) < 4.78 is 12.8. The third kappa shape index (κ3) is 3.93. The average molecular weight is 409 g/mol. The van der Waals surface area contributed by atoms with E-state index in [1.165, 1.54) is 0 Å². The molecular weight excluding hydrogens is 390 g/mol. The minimum atomic E-state index is 0.430. The van der Waals surface area contributed by atoms with E-state index in [0.29, 0.717) is 23.9 Å². The zero-order valence-electron chi connectivity index (χ0n) is 16.8. The van der Waals surface area contributed by atoms with E-state index in [1.54, 1.807) is 17.8 Å². The Morgan fingerprint density at radius 1 is 0.806 bits per heavy atom. The molecule has 0 aliphatic rings. The van der Waals surface area contributed by atoms with Gasteiger partial charge in [0.1, 0.15) is 18.1 Å². The van der Waals surface area contributed by atoms with E-state index in [9.17, 15) is 0 Å². The van der Waals surface area contributed by atoms with Gasteiger partial charge in [0.25, 0.3) is 5.78 Å². The molecule has 0 N–H and O–H groups in total. The van der Waals surface area contributed by atoms with Crippen molar-refractivity contribution in [3.63, 3.8) is 0 Å². The molecule has 0 saturated carbocycles. The summed E-state index contributed by atoms with van der Waals surface area (Å²) in [7, 11) is 1.64. The molecule has 3 aromatic carbocycles. The number of benzene rings is 3. The van der Waals surface area contributed by atoms with Crippen molar-refractivity contribution in [3.8, 4) is 34.1 Å². The standard InChI is InChI=1S/C24H19N5O2/c1-30-20-12-10-18(11-13-20)22-15-25-29-23(27-28-24(29)26-22)19-8-5-9-21(14-19)31-16-17-6-3-2-4-7-17/h2-15H,16H2,1H3. The van der Waals surface area contributed by atoms with Gasteiger partial charge in [0.2, 0.25) is 0 Å². The molecule has 0 radical (unpaired) electrons. The van der Waals surface area contributed by atoms with E-state index in [0.717, 1.165) is 28.2 Å². The van der Waals surface area contributed by atoms with Crippen molar-refractivity contribution in [1.82, 2.24) is 24.8 Å². The fourth-order valence-corrected chi connectivity index (χ4v) is 3.24. The zero-order chi connectivity index (χ0) is 21.0. The van der Waals surface area contributed by atoms with Crippen molar-refractivity contribution in [2.75, 3.05) is 7.11 Å². The molecule has 152 valence electrons. The van der Waals surface area contributed by atoms with Crippen LogP contribution in [0.1, 0.15) is 5.56 Å².